The fourth-order valence-corrected chi connectivity index (χ4v) is 2.83. The SMILES string of the molecule is Brc1cc2cccc3c2c(c1Br)C=C3. The van der Waals surface area contributed by atoms with Crippen molar-refractivity contribution in [2.45, 2.75) is 0 Å². The van der Waals surface area contributed by atoms with Gasteiger partial charge in [0.15, 0.2) is 0 Å². The van der Waals surface area contributed by atoms with Gasteiger partial charge >= 0.3 is 0 Å². The molecule has 1 aliphatic carbocycles. The highest BCUT2D eigenvalue weighted by molar-refractivity contribution is 9.13. The van der Waals surface area contributed by atoms with E-state index < -0.39 is 0 Å². The van der Waals surface area contributed by atoms with Gasteiger partial charge in [-0.25, -0.2) is 0 Å². The molecule has 68 valence electrons. The van der Waals surface area contributed by atoms with Gasteiger partial charge in [-0.15, -0.1) is 0 Å². The second-order valence-electron chi connectivity index (χ2n) is 3.36. The molecule has 0 saturated carbocycles. The maximum atomic E-state index is 3.60. The lowest BCUT2D eigenvalue weighted by atomic mass is 10.0. The normalized spacial score (nSPS) is 12.7. The second-order valence-corrected chi connectivity index (χ2v) is 5.01. The van der Waals surface area contributed by atoms with Crippen LogP contribution in [-0.2, 0) is 0 Å². The average molecular weight is 310 g/mol. The van der Waals surface area contributed by atoms with Crippen LogP contribution >= 0.6 is 31.9 Å². The van der Waals surface area contributed by atoms with E-state index in [1.165, 1.54) is 21.9 Å². The van der Waals surface area contributed by atoms with E-state index in [1.807, 2.05) is 0 Å². The zero-order chi connectivity index (χ0) is 9.71. The number of halogens is 2. The van der Waals surface area contributed by atoms with Crippen molar-refractivity contribution in [1.82, 2.24) is 0 Å². The second kappa shape index (κ2) is 2.94. The molecule has 0 fully saturated rings. The minimum Gasteiger partial charge on any atom is -0.0610 e. The summed E-state index contributed by atoms with van der Waals surface area (Å²) in [6.45, 7) is 0. The summed E-state index contributed by atoms with van der Waals surface area (Å²) in [6, 6.07) is 8.54. The molecule has 0 aliphatic heterocycles. The van der Waals surface area contributed by atoms with Crippen LogP contribution in [0.25, 0.3) is 22.9 Å². The lowest BCUT2D eigenvalue weighted by molar-refractivity contribution is 1.62. The topological polar surface area (TPSA) is 0 Å². The van der Waals surface area contributed by atoms with E-state index in [-0.39, 0.29) is 0 Å². The molecule has 0 atom stereocenters. The summed E-state index contributed by atoms with van der Waals surface area (Å²) in [5.74, 6) is 0. The highest BCUT2D eigenvalue weighted by atomic mass is 79.9. The molecule has 0 N–H and O–H groups in total. The molecule has 1 aliphatic rings. The van der Waals surface area contributed by atoms with Crippen LogP contribution in [0.3, 0.4) is 0 Å². The van der Waals surface area contributed by atoms with Crippen molar-refractivity contribution in [3.05, 3.63) is 44.3 Å². The van der Waals surface area contributed by atoms with Gasteiger partial charge in [-0.3, -0.25) is 0 Å². The Balaban J connectivity index is 2.61. The lowest BCUT2D eigenvalue weighted by Gasteiger charge is -2.05. The number of benzene rings is 2. The molecule has 2 aromatic rings. The quantitative estimate of drug-likeness (QED) is 0.557. The first-order chi connectivity index (χ1) is 6.77. The predicted octanol–water partition coefficient (Wildman–Crippen LogP) is 4.85. The first kappa shape index (κ1) is 8.69. The van der Waals surface area contributed by atoms with Gasteiger partial charge in [0.05, 0.1) is 0 Å². The first-order valence-electron chi connectivity index (χ1n) is 4.36. The summed E-state index contributed by atoms with van der Waals surface area (Å²) < 4.78 is 2.26. The van der Waals surface area contributed by atoms with Crippen molar-refractivity contribution in [2.75, 3.05) is 0 Å². The Hall–Kier alpha value is -0.600. The van der Waals surface area contributed by atoms with Crippen LogP contribution in [0.2, 0.25) is 0 Å². The Morgan fingerprint density at radius 2 is 1.86 bits per heavy atom. The largest absolute Gasteiger partial charge is 0.0610 e. The van der Waals surface area contributed by atoms with Crippen molar-refractivity contribution in [3.63, 3.8) is 0 Å². The van der Waals surface area contributed by atoms with Gasteiger partial charge in [0.1, 0.15) is 0 Å². The van der Waals surface area contributed by atoms with Crippen molar-refractivity contribution in [2.24, 2.45) is 0 Å². The summed E-state index contributed by atoms with van der Waals surface area (Å²) in [7, 11) is 0. The van der Waals surface area contributed by atoms with Crippen molar-refractivity contribution in [1.29, 1.82) is 0 Å². The van der Waals surface area contributed by atoms with E-state index >= 15 is 0 Å². The third kappa shape index (κ3) is 1.04. The van der Waals surface area contributed by atoms with Crippen LogP contribution in [0.5, 0.6) is 0 Å². The highest BCUT2D eigenvalue weighted by Gasteiger charge is 2.13. The summed E-state index contributed by atoms with van der Waals surface area (Å²) in [6.07, 6.45) is 4.32. The Morgan fingerprint density at radius 1 is 1.00 bits per heavy atom. The molecule has 0 nitrogen and oxygen atoms in total. The number of rotatable bonds is 0. The van der Waals surface area contributed by atoms with Gasteiger partial charge in [0.25, 0.3) is 0 Å². The van der Waals surface area contributed by atoms with E-state index in [9.17, 15) is 0 Å². The molecule has 0 heterocycles. The minimum absolute atomic E-state index is 1.11. The molecule has 0 radical (unpaired) electrons. The smallest absolute Gasteiger partial charge is 0.0396 e. The van der Waals surface area contributed by atoms with E-state index in [1.54, 1.807) is 0 Å². The molecule has 0 amide bonds. The van der Waals surface area contributed by atoms with Gasteiger partial charge in [0.2, 0.25) is 0 Å². The molecule has 0 spiro atoms. The molecule has 0 bridgehead atoms. The maximum absolute atomic E-state index is 3.60. The molecule has 0 unspecified atom stereocenters. The molecular weight excluding hydrogens is 304 g/mol. The fraction of sp³-hybridized carbons (Fsp3) is 0. The van der Waals surface area contributed by atoms with Crippen molar-refractivity contribution >= 4 is 54.8 Å². The van der Waals surface area contributed by atoms with Gasteiger partial charge in [-0.1, -0.05) is 30.4 Å². The highest BCUT2D eigenvalue weighted by Crippen LogP contribution is 2.39. The van der Waals surface area contributed by atoms with E-state index in [0.29, 0.717) is 0 Å². The van der Waals surface area contributed by atoms with Crippen molar-refractivity contribution in [3.8, 4) is 0 Å². The predicted molar refractivity (Wildman–Crippen MR) is 68.3 cm³/mol. The van der Waals surface area contributed by atoms with Crippen LogP contribution in [0.4, 0.5) is 0 Å². The molecule has 14 heavy (non-hydrogen) atoms. The van der Waals surface area contributed by atoms with Gasteiger partial charge in [-0.2, -0.15) is 0 Å². The summed E-state index contributed by atoms with van der Waals surface area (Å²) in [4.78, 5) is 0. The van der Waals surface area contributed by atoms with Gasteiger partial charge in [0, 0.05) is 8.95 Å². The maximum Gasteiger partial charge on any atom is 0.0396 e. The Bertz CT molecular complexity index is 568. The van der Waals surface area contributed by atoms with E-state index in [4.69, 9.17) is 0 Å². The van der Waals surface area contributed by atoms with Crippen LogP contribution in [-0.4, -0.2) is 0 Å². The van der Waals surface area contributed by atoms with Crippen LogP contribution in [0.15, 0.2) is 33.2 Å². The molecular formula is C12H6Br2. The zero-order valence-electron chi connectivity index (χ0n) is 7.22. The van der Waals surface area contributed by atoms with Crippen LogP contribution in [0, 0.1) is 0 Å². The third-order valence-corrected chi connectivity index (χ3v) is 4.57. The monoisotopic (exact) mass is 308 g/mol. The molecule has 3 rings (SSSR count). The molecule has 0 aromatic heterocycles. The molecule has 2 heteroatoms. The Labute approximate surface area is 98.9 Å². The summed E-state index contributed by atoms with van der Waals surface area (Å²) in [5.41, 5.74) is 2.59. The Morgan fingerprint density at radius 3 is 2.71 bits per heavy atom. The summed E-state index contributed by atoms with van der Waals surface area (Å²) >= 11 is 7.15. The fourth-order valence-electron chi connectivity index (χ4n) is 1.93. The lowest BCUT2D eigenvalue weighted by Crippen LogP contribution is -1.81. The Kier molecular flexibility index (Phi) is 1.83. The van der Waals surface area contributed by atoms with Gasteiger partial charge in [-0.05, 0) is 59.8 Å². The zero-order valence-corrected chi connectivity index (χ0v) is 10.4. The number of hydrogen-bond acceptors (Lipinski definition) is 0. The minimum atomic E-state index is 1.11. The van der Waals surface area contributed by atoms with Crippen LogP contribution < -0.4 is 0 Å². The molecule has 2 aromatic carbocycles. The van der Waals surface area contributed by atoms with Crippen molar-refractivity contribution < 1.29 is 0 Å². The van der Waals surface area contributed by atoms with Gasteiger partial charge < -0.3 is 0 Å². The van der Waals surface area contributed by atoms with Crippen LogP contribution in [0.1, 0.15) is 11.1 Å². The number of hydrogen-bond donors (Lipinski definition) is 0. The third-order valence-electron chi connectivity index (χ3n) is 2.56. The standard InChI is InChI=1S/C12H6Br2/c13-10-6-8-3-1-2-7-4-5-9(11(7)8)12(10)14/h1-6H. The first-order valence-corrected chi connectivity index (χ1v) is 5.95. The molecule has 0 saturated heterocycles. The average Bonchev–Trinajstić information content (AvgIpc) is 2.60. The van der Waals surface area contributed by atoms with E-state index in [0.717, 1.165) is 8.95 Å². The summed E-state index contributed by atoms with van der Waals surface area (Å²) in [5, 5.41) is 2.64. The van der Waals surface area contributed by atoms with E-state index in [2.05, 4.69) is 68.3 Å².